The Morgan fingerprint density at radius 3 is 3.04 bits per heavy atom. The summed E-state index contributed by atoms with van der Waals surface area (Å²) in [5.74, 6) is 0.480. The fourth-order valence-corrected chi connectivity index (χ4v) is 3.03. The first-order valence-corrected chi connectivity index (χ1v) is 8.49. The summed E-state index contributed by atoms with van der Waals surface area (Å²) in [6.45, 7) is 2.21. The predicted octanol–water partition coefficient (Wildman–Crippen LogP) is 2.25. The maximum Gasteiger partial charge on any atom is 0.319 e. The Kier molecular flexibility index (Phi) is 4.66. The Morgan fingerprint density at radius 2 is 2.29 bits per heavy atom. The Labute approximate surface area is 143 Å². The Hall–Kier alpha value is -2.61. The zero-order chi connectivity index (χ0) is 17.1. The number of rotatable bonds is 4. The summed E-state index contributed by atoms with van der Waals surface area (Å²) in [7, 11) is 1.71. The topological polar surface area (TPSA) is 83.6 Å². The van der Waals surface area contributed by atoms with Crippen molar-refractivity contribution in [2.45, 2.75) is 19.4 Å². The Morgan fingerprint density at radius 1 is 1.46 bits per heavy atom. The number of anilines is 2. The van der Waals surface area contributed by atoms with Crippen LogP contribution in [0.1, 0.15) is 12.6 Å². The van der Waals surface area contributed by atoms with Crippen molar-refractivity contribution in [2.24, 2.45) is 0 Å². The van der Waals surface area contributed by atoms with Gasteiger partial charge in [0.1, 0.15) is 5.75 Å². The van der Waals surface area contributed by atoms with Gasteiger partial charge in [0.05, 0.1) is 16.9 Å². The molecular formula is C16H18N4O3S. The van der Waals surface area contributed by atoms with Crippen LogP contribution >= 0.6 is 11.3 Å². The molecule has 1 aromatic carbocycles. The molecule has 0 saturated heterocycles. The highest BCUT2D eigenvalue weighted by molar-refractivity contribution is 7.07. The predicted molar refractivity (Wildman–Crippen MR) is 92.8 cm³/mol. The summed E-state index contributed by atoms with van der Waals surface area (Å²) in [6.07, 6.45) is 0.152. The van der Waals surface area contributed by atoms with Crippen LogP contribution < -0.4 is 20.3 Å². The third kappa shape index (κ3) is 3.48. The second-order valence-corrected chi connectivity index (χ2v) is 6.17. The lowest BCUT2D eigenvalue weighted by Crippen LogP contribution is -2.42. The highest BCUT2D eigenvalue weighted by Crippen LogP contribution is 2.35. The van der Waals surface area contributed by atoms with Gasteiger partial charge in [-0.15, -0.1) is 11.3 Å². The van der Waals surface area contributed by atoms with Crippen molar-refractivity contribution in [2.75, 3.05) is 23.8 Å². The van der Waals surface area contributed by atoms with Gasteiger partial charge in [-0.1, -0.05) is 0 Å². The van der Waals surface area contributed by atoms with Crippen molar-refractivity contribution >= 4 is 34.6 Å². The Balaban J connectivity index is 1.58. The number of hydrogen-bond acceptors (Lipinski definition) is 5. The summed E-state index contributed by atoms with van der Waals surface area (Å²) < 4.78 is 5.60. The number of carbonyl (C=O) groups is 2. The fourth-order valence-electron chi connectivity index (χ4n) is 2.44. The van der Waals surface area contributed by atoms with Crippen LogP contribution in [0.25, 0.3) is 0 Å². The minimum Gasteiger partial charge on any atom is -0.479 e. The lowest BCUT2D eigenvalue weighted by molar-refractivity contribution is -0.125. The van der Waals surface area contributed by atoms with E-state index in [4.69, 9.17) is 4.74 Å². The average molecular weight is 346 g/mol. The minimum atomic E-state index is -0.537. The number of thiazole rings is 1. The van der Waals surface area contributed by atoms with Crippen LogP contribution in [0.2, 0.25) is 0 Å². The van der Waals surface area contributed by atoms with Crippen molar-refractivity contribution in [3.63, 3.8) is 0 Å². The SMILES string of the molecule is C[C@@H]1Oc2cc(NC(=O)NCCc3cscn3)ccc2N(C)C1=O. The number of aromatic nitrogens is 1. The number of amides is 3. The van der Waals surface area contributed by atoms with Gasteiger partial charge < -0.3 is 20.3 Å². The summed E-state index contributed by atoms with van der Waals surface area (Å²) in [5.41, 5.74) is 4.03. The van der Waals surface area contributed by atoms with Gasteiger partial charge in [-0.2, -0.15) is 0 Å². The molecule has 0 spiro atoms. The van der Waals surface area contributed by atoms with Crippen LogP contribution in [-0.4, -0.2) is 36.6 Å². The molecule has 7 nitrogen and oxygen atoms in total. The molecule has 0 fully saturated rings. The maximum absolute atomic E-state index is 11.9. The normalized spacial score (nSPS) is 16.3. The number of benzene rings is 1. The fraction of sp³-hybridized carbons (Fsp3) is 0.312. The summed E-state index contributed by atoms with van der Waals surface area (Å²) in [6, 6.07) is 4.92. The molecule has 8 heteroatoms. The Bertz CT molecular complexity index is 748. The zero-order valence-corrected chi connectivity index (χ0v) is 14.2. The molecule has 1 aliphatic heterocycles. The molecule has 1 atom stereocenters. The van der Waals surface area contributed by atoms with Crippen LogP contribution in [-0.2, 0) is 11.2 Å². The number of ether oxygens (including phenoxy) is 1. The molecule has 2 aromatic rings. The van der Waals surface area contributed by atoms with Gasteiger partial charge in [0.2, 0.25) is 0 Å². The van der Waals surface area contributed by atoms with Crippen molar-refractivity contribution in [1.82, 2.24) is 10.3 Å². The van der Waals surface area contributed by atoms with Crippen molar-refractivity contribution < 1.29 is 14.3 Å². The zero-order valence-electron chi connectivity index (χ0n) is 13.4. The maximum atomic E-state index is 11.9. The van der Waals surface area contributed by atoms with E-state index in [1.54, 1.807) is 42.6 Å². The molecule has 24 heavy (non-hydrogen) atoms. The molecule has 0 saturated carbocycles. The molecule has 2 heterocycles. The van der Waals surface area contributed by atoms with Crippen LogP contribution in [0.5, 0.6) is 5.75 Å². The van der Waals surface area contributed by atoms with Gasteiger partial charge in [-0.25, -0.2) is 9.78 Å². The molecule has 0 bridgehead atoms. The first-order valence-electron chi connectivity index (χ1n) is 7.55. The van der Waals surface area contributed by atoms with E-state index < -0.39 is 6.10 Å². The van der Waals surface area contributed by atoms with Crippen molar-refractivity contribution in [1.29, 1.82) is 0 Å². The van der Waals surface area contributed by atoms with Crippen LogP contribution in [0.15, 0.2) is 29.1 Å². The van der Waals surface area contributed by atoms with E-state index in [0.717, 1.165) is 5.69 Å². The van der Waals surface area contributed by atoms with Gasteiger partial charge in [-0.05, 0) is 19.1 Å². The number of likely N-dealkylation sites (N-methyl/N-ethyl adjacent to an activating group) is 1. The van der Waals surface area contributed by atoms with Crippen LogP contribution in [0, 0.1) is 0 Å². The standard InChI is InChI=1S/C16H18N4O3S/c1-10-15(21)20(2)13-4-3-11(7-14(13)23-10)19-16(22)17-6-5-12-8-24-9-18-12/h3-4,7-10H,5-6H2,1-2H3,(H2,17,19,22)/t10-/m0/s1. The van der Waals surface area contributed by atoms with Gasteiger partial charge in [0, 0.05) is 37.1 Å². The molecule has 1 aromatic heterocycles. The highest BCUT2D eigenvalue weighted by atomic mass is 32.1. The minimum absolute atomic E-state index is 0.0945. The number of nitrogens with one attached hydrogen (secondary N) is 2. The molecule has 1 aliphatic rings. The van der Waals surface area contributed by atoms with E-state index in [2.05, 4.69) is 15.6 Å². The van der Waals surface area contributed by atoms with Crippen molar-refractivity contribution in [3.05, 3.63) is 34.8 Å². The third-order valence-electron chi connectivity index (χ3n) is 3.71. The number of hydrogen-bond donors (Lipinski definition) is 2. The lowest BCUT2D eigenvalue weighted by atomic mass is 10.2. The lowest BCUT2D eigenvalue weighted by Gasteiger charge is -2.30. The van der Waals surface area contributed by atoms with Gasteiger partial charge >= 0.3 is 6.03 Å². The van der Waals surface area contributed by atoms with Gasteiger partial charge in [0.15, 0.2) is 6.10 Å². The second kappa shape index (κ2) is 6.88. The molecular weight excluding hydrogens is 328 g/mol. The van der Waals surface area contributed by atoms with E-state index >= 15 is 0 Å². The molecule has 0 aliphatic carbocycles. The molecule has 0 radical (unpaired) electrons. The average Bonchev–Trinajstić information content (AvgIpc) is 3.06. The van der Waals surface area contributed by atoms with E-state index in [0.29, 0.717) is 30.1 Å². The number of urea groups is 1. The first kappa shape index (κ1) is 16.3. The number of nitrogens with zero attached hydrogens (tertiary/aromatic N) is 2. The molecule has 3 amide bonds. The monoisotopic (exact) mass is 346 g/mol. The van der Waals surface area contributed by atoms with E-state index in [9.17, 15) is 9.59 Å². The van der Waals surface area contributed by atoms with E-state index in [1.165, 1.54) is 11.3 Å². The molecule has 2 N–H and O–H groups in total. The summed E-state index contributed by atoms with van der Waals surface area (Å²) >= 11 is 1.53. The quantitative estimate of drug-likeness (QED) is 0.889. The summed E-state index contributed by atoms with van der Waals surface area (Å²) in [4.78, 5) is 29.5. The molecule has 0 unspecified atom stereocenters. The van der Waals surface area contributed by atoms with Crippen LogP contribution in [0.3, 0.4) is 0 Å². The molecule has 3 rings (SSSR count). The summed E-state index contributed by atoms with van der Waals surface area (Å²) in [5, 5.41) is 7.50. The largest absolute Gasteiger partial charge is 0.479 e. The second-order valence-electron chi connectivity index (χ2n) is 5.45. The van der Waals surface area contributed by atoms with Gasteiger partial charge in [0.25, 0.3) is 5.91 Å². The number of fused-ring (bicyclic) bond motifs is 1. The van der Waals surface area contributed by atoms with Crippen molar-refractivity contribution in [3.8, 4) is 5.75 Å². The first-order chi connectivity index (χ1) is 11.5. The smallest absolute Gasteiger partial charge is 0.319 e. The molecule has 126 valence electrons. The van der Waals surface area contributed by atoms with Crippen LogP contribution in [0.4, 0.5) is 16.2 Å². The van der Waals surface area contributed by atoms with E-state index in [1.807, 2.05) is 5.38 Å². The highest BCUT2D eigenvalue weighted by Gasteiger charge is 2.28. The van der Waals surface area contributed by atoms with E-state index in [-0.39, 0.29) is 11.9 Å². The number of carbonyl (C=O) groups excluding carboxylic acids is 2. The van der Waals surface area contributed by atoms with Gasteiger partial charge in [-0.3, -0.25) is 4.79 Å². The third-order valence-corrected chi connectivity index (χ3v) is 4.35.